The Morgan fingerprint density at radius 2 is 1.67 bits per heavy atom. The Morgan fingerprint density at radius 3 is 2.29 bits per heavy atom. The molecule has 0 aliphatic carbocycles. The van der Waals surface area contributed by atoms with E-state index in [1.54, 1.807) is 12.1 Å². The van der Waals surface area contributed by atoms with Crippen LogP contribution in [0.4, 0.5) is 22.1 Å². The van der Waals surface area contributed by atoms with Crippen LogP contribution in [0.1, 0.15) is 27.7 Å². The van der Waals surface area contributed by atoms with Crippen LogP contribution >= 0.6 is 0 Å². The zero-order valence-electron chi connectivity index (χ0n) is 14.3. The average Bonchev–Trinajstić information content (AvgIpc) is 2.50. The third-order valence-corrected chi connectivity index (χ3v) is 2.84. The maximum absolute atomic E-state index is 11.6. The third-order valence-electron chi connectivity index (χ3n) is 2.84. The molecular formula is C17H23N5O2. The van der Waals surface area contributed by atoms with Crippen LogP contribution in [0.15, 0.2) is 36.4 Å². The molecule has 7 heteroatoms. The zero-order valence-corrected chi connectivity index (χ0v) is 14.3. The quantitative estimate of drug-likeness (QED) is 0.754. The minimum absolute atomic E-state index is 0.0522. The Kier molecular flexibility index (Phi) is 5.95. The van der Waals surface area contributed by atoms with Gasteiger partial charge in [-0.3, -0.25) is 5.32 Å². The van der Waals surface area contributed by atoms with Gasteiger partial charge in [-0.25, -0.2) is 4.79 Å². The molecule has 1 heterocycles. The summed E-state index contributed by atoms with van der Waals surface area (Å²) in [5.41, 5.74) is 0.804. The molecule has 0 aliphatic heterocycles. The number of nitrogens with one attached hydrogen (secondary N) is 3. The third kappa shape index (κ3) is 5.42. The molecule has 24 heavy (non-hydrogen) atoms. The lowest BCUT2D eigenvalue weighted by molar-refractivity contribution is 0.243. The Balaban J connectivity index is 2.03. The van der Waals surface area contributed by atoms with Crippen LogP contribution in [0, 0.1) is 0 Å². The van der Waals surface area contributed by atoms with Crippen LogP contribution < -0.4 is 20.7 Å². The summed E-state index contributed by atoms with van der Waals surface area (Å²) in [6.45, 7) is 7.71. The number of ether oxygens (including phenoxy) is 1. The maximum atomic E-state index is 11.6. The summed E-state index contributed by atoms with van der Waals surface area (Å²) in [7, 11) is 0. The van der Waals surface area contributed by atoms with Crippen molar-refractivity contribution >= 4 is 23.4 Å². The van der Waals surface area contributed by atoms with E-state index >= 15 is 0 Å². The van der Waals surface area contributed by atoms with Crippen molar-refractivity contribution in [3.8, 4) is 5.75 Å². The van der Waals surface area contributed by atoms with E-state index in [1.165, 1.54) is 0 Å². The second-order valence-electron chi connectivity index (χ2n) is 5.84. The lowest BCUT2D eigenvalue weighted by Crippen LogP contribution is -2.34. The molecule has 0 unspecified atom stereocenters. The van der Waals surface area contributed by atoms with E-state index in [9.17, 15) is 4.79 Å². The largest absolute Gasteiger partial charge is 0.489 e. The zero-order chi connectivity index (χ0) is 17.5. The van der Waals surface area contributed by atoms with E-state index in [2.05, 4.69) is 26.1 Å². The van der Waals surface area contributed by atoms with Gasteiger partial charge in [0.2, 0.25) is 0 Å². The molecule has 0 aliphatic rings. The predicted molar refractivity (Wildman–Crippen MR) is 94.8 cm³/mol. The molecule has 0 fully saturated rings. The number of nitrogens with zero attached hydrogens (tertiary/aromatic N) is 2. The summed E-state index contributed by atoms with van der Waals surface area (Å²) in [5, 5.41) is 16.6. The number of aromatic nitrogens is 2. The van der Waals surface area contributed by atoms with E-state index in [4.69, 9.17) is 4.74 Å². The Hall–Kier alpha value is -2.83. The molecule has 1 aromatic heterocycles. The van der Waals surface area contributed by atoms with Crippen LogP contribution in [0.2, 0.25) is 0 Å². The monoisotopic (exact) mass is 329 g/mol. The lowest BCUT2D eigenvalue weighted by atomic mass is 10.3. The van der Waals surface area contributed by atoms with Crippen molar-refractivity contribution in [2.45, 2.75) is 39.8 Å². The highest BCUT2D eigenvalue weighted by atomic mass is 16.5. The average molecular weight is 329 g/mol. The number of rotatable bonds is 6. The number of benzene rings is 1. The highest BCUT2D eigenvalue weighted by Gasteiger charge is 2.08. The summed E-state index contributed by atoms with van der Waals surface area (Å²) in [6, 6.07) is 10.8. The fourth-order valence-corrected chi connectivity index (χ4v) is 1.94. The molecule has 2 aromatic rings. The molecule has 0 atom stereocenters. The van der Waals surface area contributed by atoms with Crippen LogP contribution in [-0.4, -0.2) is 28.4 Å². The van der Waals surface area contributed by atoms with Gasteiger partial charge in [0.05, 0.1) is 11.8 Å². The van der Waals surface area contributed by atoms with Gasteiger partial charge in [0.15, 0.2) is 11.6 Å². The van der Waals surface area contributed by atoms with Gasteiger partial charge in [-0.15, -0.1) is 10.2 Å². The molecular weight excluding hydrogens is 306 g/mol. The maximum Gasteiger partial charge on any atom is 0.320 e. The lowest BCUT2D eigenvalue weighted by Gasteiger charge is -2.15. The van der Waals surface area contributed by atoms with E-state index in [0.717, 1.165) is 11.4 Å². The number of hydrogen-bond acceptors (Lipinski definition) is 5. The van der Waals surface area contributed by atoms with Crippen LogP contribution in [0.3, 0.4) is 0 Å². The standard InChI is InChI=1S/C17H23N5O2/c1-11(2)18-17(23)20-16-10-9-15(21-22-16)19-13-7-5-6-8-14(13)24-12(3)4/h5-12H,1-4H3,(H,19,21)(H2,18,20,22,23). The van der Waals surface area contributed by atoms with Crippen LogP contribution in [0.5, 0.6) is 5.75 Å². The van der Waals surface area contributed by atoms with E-state index in [0.29, 0.717) is 11.6 Å². The smallest absolute Gasteiger partial charge is 0.320 e. The van der Waals surface area contributed by atoms with Gasteiger partial charge in [0, 0.05) is 6.04 Å². The molecule has 0 spiro atoms. The second-order valence-corrected chi connectivity index (χ2v) is 5.84. The number of para-hydroxylation sites is 2. The summed E-state index contributed by atoms with van der Waals surface area (Å²) >= 11 is 0. The molecule has 2 rings (SSSR count). The molecule has 0 radical (unpaired) electrons. The molecule has 128 valence electrons. The number of amides is 2. The second kappa shape index (κ2) is 8.14. The Labute approximate surface area is 141 Å². The number of carbonyl (C=O) groups excluding carboxylic acids is 1. The highest BCUT2D eigenvalue weighted by molar-refractivity contribution is 5.88. The molecule has 7 nitrogen and oxygen atoms in total. The molecule has 0 saturated heterocycles. The molecule has 2 amide bonds. The fourth-order valence-electron chi connectivity index (χ4n) is 1.94. The number of hydrogen-bond donors (Lipinski definition) is 3. The van der Waals surface area contributed by atoms with Crippen molar-refractivity contribution in [2.24, 2.45) is 0 Å². The molecule has 3 N–H and O–H groups in total. The van der Waals surface area contributed by atoms with Gasteiger partial charge < -0.3 is 15.4 Å². The summed E-state index contributed by atoms with van der Waals surface area (Å²) in [5.74, 6) is 1.68. The fraction of sp³-hybridized carbons (Fsp3) is 0.353. The van der Waals surface area contributed by atoms with Crippen molar-refractivity contribution in [2.75, 3.05) is 10.6 Å². The summed E-state index contributed by atoms with van der Waals surface area (Å²) in [4.78, 5) is 11.6. The van der Waals surface area contributed by atoms with Crippen molar-refractivity contribution in [3.05, 3.63) is 36.4 Å². The Bertz CT molecular complexity index is 671. The van der Waals surface area contributed by atoms with Gasteiger partial charge >= 0.3 is 6.03 Å². The first-order valence-corrected chi connectivity index (χ1v) is 7.88. The molecule has 0 bridgehead atoms. The normalized spacial score (nSPS) is 10.6. The highest BCUT2D eigenvalue weighted by Crippen LogP contribution is 2.27. The minimum Gasteiger partial charge on any atom is -0.489 e. The first kappa shape index (κ1) is 17.5. The molecule has 1 aromatic carbocycles. The number of anilines is 3. The predicted octanol–water partition coefficient (Wildman–Crippen LogP) is 3.54. The van der Waals surface area contributed by atoms with Gasteiger partial charge in [-0.2, -0.15) is 0 Å². The van der Waals surface area contributed by atoms with E-state index in [1.807, 2.05) is 52.0 Å². The SMILES string of the molecule is CC(C)NC(=O)Nc1ccc(Nc2ccccc2OC(C)C)nn1. The number of carbonyl (C=O) groups is 1. The Morgan fingerprint density at radius 1 is 1.00 bits per heavy atom. The van der Waals surface area contributed by atoms with Crippen molar-refractivity contribution in [1.82, 2.24) is 15.5 Å². The van der Waals surface area contributed by atoms with E-state index < -0.39 is 0 Å². The summed E-state index contributed by atoms with van der Waals surface area (Å²) in [6.07, 6.45) is 0.0741. The van der Waals surface area contributed by atoms with Crippen LogP contribution in [0.25, 0.3) is 0 Å². The van der Waals surface area contributed by atoms with Crippen LogP contribution in [-0.2, 0) is 0 Å². The topological polar surface area (TPSA) is 88.2 Å². The number of urea groups is 1. The van der Waals surface area contributed by atoms with Crippen molar-refractivity contribution < 1.29 is 9.53 Å². The summed E-state index contributed by atoms with van der Waals surface area (Å²) < 4.78 is 5.75. The van der Waals surface area contributed by atoms with Crippen molar-refractivity contribution in [3.63, 3.8) is 0 Å². The molecule has 0 saturated carbocycles. The van der Waals surface area contributed by atoms with Gasteiger partial charge in [-0.1, -0.05) is 12.1 Å². The minimum atomic E-state index is -0.310. The van der Waals surface area contributed by atoms with Crippen molar-refractivity contribution in [1.29, 1.82) is 0 Å². The first-order chi connectivity index (χ1) is 11.4. The first-order valence-electron chi connectivity index (χ1n) is 7.88. The van der Waals surface area contributed by atoms with E-state index in [-0.39, 0.29) is 18.2 Å². The van der Waals surface area contributed by atoms with Gasteiger partial charge in [0.1, 0.15) is 5.75 Å². The van der Waals surface area contributed by atoms with Gasteiger partial charge in [-0.05, 0) is 52.0 Å². The van der Waals surface area contributed by atoms with Gasteiger partial charge in [0.25, 0.3) is 0 Å².